The lowest BCUT2D eigenvalue weighted by molar-refractivity contribution is 0.530. The largest absolute Gasteiger partial charge is 0.305 e. The van der Waals surface area contributed by atoms with E-state index >= 15 is 0 Å². The van der Waals surface area contributed by atoms with Crippen molar-refractivity contribution in [1.29, 1.82) is 5.41 Å². The number of nitrogens with one attached hydrogen (secondary N) is 1. The van der Waals surface area contributed by atoms with Crippen molar-refractivity contribution in [2.75, 3.05) is 0 Å². The molecule has 0 saturated carbocycles. The van der Waals surface area contributed by atoms with Gasteiger partial charge in [-0.1, -0.05) is 26.0 Å². The zero-order valence-corrected chi connectivity index (χ0v) is 11.5. The van der Waals surface area contributed by atoms with E-state index in [1.54, 1.807) is 18.2 Å². The normalized spacial score (nSPS) is 25.9. The Bertz CT molecular complexity index is 439. The van der Waals surface area contributed by atoms with Crippen molar-refractivity contribution in [1.82, 2.24) is 0 Å². The highest BCUT2D eigenvalue weighted by atomic mass is 19.1. The SMILES string of the molecule is C/C1=C/C(=NC(C)C(C)C)C(F)=C/C=C/CC1=N. The van der Waals surface area contributed by atoms with Gasteiger partial charge in [-0.2, -0.15) is 0 Å². The molecule has 2 nitrogen and oxygen atoms in total. The number of hydrogen-bond donors (Lipinski definition) is 1. The number of aliphatic imine (C=N–C) groups is 1. The van der Waals surface area contributed by atoms with Gasteiger partial charge in [-0.15, -0.1) is 0 Å². The molecule has 0 heterocycles. The molecule has 0 saturated heterocycles. The molecule has 98 valence electrons. The molecule has 1 rings (SSSR count). The average molecular weight is 248 g/mol. The van der Waals surface area contributed by atoms with Crippen molar-refractivity contribution >= 4 is 11.4 Å². The van der Waals surface area contributed by atoms with Gasteiger partial charge in [0.05, 0.1) is 11.8 Å². The van der Waals surface area contributed by atoms with E-state index in [-0.39, 0.29) is 11.9 Å². The van der Waals surface area contributed by atoms with Crippen molar-refractivity contribution in [2.45, 2.75) is 40.2 Å². The third-order valence-corrected chi connectivity index (χ3v) is 3.08. The minimum absolute atomic E-state index is 0.0575. The van der Waals surface area contributed by atoms with Crippen LogP contribution >= 0.6 is 0 Å². The summed E-state index contributed by atoms with van der Waals surface area (Å²) in [6.07, 6.45) is 7.04. The van der Waals surface area contributed by atoms with E-state index in [1.807, 2.05) is 13.8 Å². The van der Waals surface area contributed by atoms with Gasteiger partial charge in [0.15, 0.2) is 0 Å². The van der Waals surface area contributed by atoms with Crippen LogP contribution in [-0.4, -0.2) is 17.5 Å². The number of nitrogens with zero attached hydrogens (tertiary/aromatic N) is 1. The van der Waals surface area contributed by atoms with Crippen LogP contribution in [0.2, 0.25) is 0 Å². The van der Waals surface area contributed by atoms with Gasteiger partial charge in [0.1, 0.15) is 5.83 Å². The van der Waals surface area contributed by atoms with Crippen molar-refractivity contribution in [3.8, 4) is 0 Å². The summed E-state index contributed by atoms with van der Waals surface area (Å²) in [4.78, 5) is 4.41. The Hall–Kier alpha value is -1.51. The first-order chi connectivity index (χ1) is 8.41. The fraction of sp³-hybridized carbons (Fsp3) is 0.467. The second-order valence-corrected chi connectivity index (χ2v) is 4.95. The Kier molecular flexibility index (Phi) is 5.20. The lowest BCUT2D eigenvalue weighted by atomic mass is 10.1. The Morgan fingerprint density at radius 2 is 2.00 bits per heavy atom. The van der Waals surface area contributed by atoms with E-state index in [0.717, 1.165) is 5.57 Å². The van der Waals surface area contributed by atoms with Crippen LogP contribution in [0.3, 0.4) is 0 Å². The van der Waals surface area contributed by atoms with E-state index in [9.17, 15) is 4.39 Å². The molecule has 0 aromatic rings. The molecule has 0 amide bonds. The highest BCUT2D eigenvalue weighted by Gasteiger charge is 2.11. The summed E-state index contributed by atoms with van der Waals surface area (Å²) in [7, 11) is 0. The molecule has 1 N–H and O–H groups in total. The second kappa shape index (κ2) is 6.43. The summed E-state index contributed by atoms with van der Waals surface area (Å²) in [6.45, 7) is 7.92. The van der Waals surface area contributed by atoms with Gasteiger partial charge in [-0.05, 0) is 37.5 Å². The van der Waals surface area contributed by atoms with Crippen LogP contribution in [-0.2, 0) is 0 Å². The summed E-state index contributed by atoms with van der Waals surface area (Å²) in [5.41, 5.74) is 1.60. The van der Waals surface area contributed by atoms with Gasteiger partial charge in [0, 0.05) is 12.1 Å². The van der Waals surface area contributed by atoms with Crippen LogP contribution < -0.4 is 0 Å². The Balaban J connectivity index is 3.17. The number of halogens is 1. The zero-order valence-electron chi connectivity index (χ0n) is 11.5. The minimum Gasteiger partial charge on any atom is -0.305 e. The third-order valence-electron chi connectivity index (χ3n) is 3.08. The first kappa shape index (κ1) is 14.6. The molecule has 1 aliphatic carbocycles. The molecule has 0 radical (unpaired) electrons. The van der Waals surface area contributed by atoms with Crippen molar-refractivity contribution < 1.29 is 4.39 Å². The van der Waals surface area contributed by atoms with Crippen LogP contribution in [0.1, 0.15) is 34.1 Å². The number of hydrogen-bond acceptors (Lipinski definition) is 2. The predicted molar refractivity (Wildman–Crippen MR) is 76.2 cm³/mol. The molecule has 1 atom stereocenters. The molecular formula is C15H21FN2. The molecule has 0 aliphatic heterocycles. The minimum atomic E-state index is -0.340. The van der Waals surface area contributed by atoms with Gasteiger partial charge in [-0.25, -0.2) is 4.39 Å². The maximum absolute atomic E-state index is 14.0. The molecule has 0 bridgehead atoms. The van der Waals surface area contributed by atoms with Gasteiger partial charge >= 0.3 is 0 Å². The van der Waals surface area contributed by atoms with Crippen molar-refractivity contribution in [2.24, 2.45) is 10.9 Å². The first-order valence-electron chi connectivity index (χ1n) is 6.28. The lowest BCUT2D eigenvalue weighted by Gasteiger charge is -2.12. The van der Waals surface area contributed by atoms with Crippen LogP contribution in [0, 0.1) is 11.3 Å². The van der Waals surface area contributed by atoms with Gasteiger partial charge in [0.2, 0.25) is 0 Å². The molecule has 0 aromatic carbocycles. The Morgan fingerprint density at radius 1 is 1.33 bits per heavy atom. The highest BCUT2D eigenvalue weighted by Crippen LogP contribution is 2.14. The van der Waals surface area contributed by atoms with Gasteiger partial charge in [-0.3, -0.25) is 4.99 Å². The van der Waals surface area contributed by atoms with Crippen LogP contribution in [0.15, 0.2) is 40.7 Å². The van der Waals surface area contributed by atoms with Gasteiger partial charge < -0.3 is 5.41 Å². The number of rotatable bonds is 2. The maximum Gasteiger partial charge on any atom is 0.148 e. The Labute approximate surface area is 109 Å². The molecule has 0 spiro atoms. The third kappa shape index (κ3) is 4.06. The van der Waals surface area contributed by atoms with Gasteiger partial charge in [0.25, 0.3) is 0 Å². The monoisotopic (exact) mass is 248 g/mol. The highest BCUT2D eigenvalue weighted by molar-refractivity contribution is 6.12. The second-order valence-electron chi connectivity index (χ2n) is 4.95. The average Bonchev–Trinajstić information content (AvgIpc) is 2.36. The molecule has 3 heteroatoms. The quantitative estimate of drug-likeness (QED) is 0.758. The fourth-order valence-electron chi connectivity index (χ4n) is 1.41. The van der Waals surface area contributed by atoms with E-state index in [2.05, 4.69) is 18.8 Å². The predicted octanol–water partition coefficient (Wildman–Crippen LogP) is 4.25. The number of allylic oxidation sites excluding steroid dienone is 6. The summed E-state index contributed by atoms with van der Waals surface area (Å²) >= 11 is 0. The Morgan fingerprint density at radius 3 is 2.61 bits per heavy atom. The fourth-order valence-corrected chi connectivity index (χ4v) is 1.41. The van der Waals surface area contributed by atoms with Crippen LogP contribution in [0.5, 0.6) is 0 Å². The van der Waals surface area contributed by atoms with Crippen LogP contribution in [0.4, 0.5) is 4.39 Å². The van der Waals surface area contributed by atoms with Crippen LogP contribution in [0.25, 0.3) is 0 Å². The van der Waals surface area contributed by atoms with E-state index in [4.69, 9.17) is 5.41 Å². The maximum atomic E-state index is 14.0. The molecular weight excluding hydrogens is 227 g/mol. The van der Waals surface area contributed by atoms with E-state index in [1.165, 1.54) is 6.08 Å². The first-order valence-corrected chi connectivity index (χ1v) is 6.28. The standard InChI is InChI=1S/C15H21FN2/c1-10(2)12(4)18-15-9-11(3)14(17)8-6-5-7-13(15)16/h5-7,9-10,12,17H,8H2,1-4H3/b6-5+,11-9-,13-7?,17-14?,18-15?. The lowest BCUT2D eigenvalue weighted by Crippen LogP contribution is -2.12. The van der Waals surface area contributed by atoms with Crippen molar-refractivity contribution in [3.63, 3.8) is 0 Å². The topological polar surface area (TPSA) is 36.2 Å². The van der Waals surface area contributed by atoms with Crippen molar-refractivity contribution in [3.05, 3.63) is 35.7 Å². The summed E-state index contributed by atoms with van der Waals surface area (Å²) in [6, 6.07) is 0.0575. The zero-order chi connectivity index (χ0) is 13.7. The molecule has 0 fully saturated rings. The molecule has 18 heavy (non-hydrogen) atoms. The summed E-state index contributed by atoms with van der Waals surface area (Å²) in [5, 5.41) is 7.83. The molecule has 1 unspecified atom stereocenters. The van der Waals surface area contributed by atoms with E-state index < -0.39 is 0 Å². The molecule has 1 aliphatic rings. The molecule has 0 aromatic heterocycles. The summed E-state index contributed by atoms with van der Waals surface area (Å²) in [5.74, 6) is 0.0226. The smallest absolute Gasteiger partial charge is 0.148 e. The summed E-state index contributed by atoms with van der Waals surface area (Å²) < 4.78 is 14.0. The van der Waals surface area contributed by atoms with E-state index in [0.29, 0.717) is 23.8 Å².